The minimum absolute atomic E-state index is 0.232. The van der Waals surface area contributed by atoms with Crippen molar-refractivity contribution in [2.45, 2.75) is 13.8 Å². The number of nitrogens with zero attached hydrogens (tertiary/aromatic N) is 4. The molecule has 146 valence electrons. The largest absolute Gasteiger partial charge is 0.496 e. The van der Waals surface area contributed by atoms with E-state index in [1.165, 1.54) is 25.6 Å². The van der Waals surface area contributed by atoms with Gasteiger partial charge in [0.2, 0.25) is 5.13 Å². The van der Waals surface area contributed by atoms with Gasteiger partial charge in [-0.25, -0.2) is 0 Å². The molecule has 0 atom stereocenters. The number of anilines is 1. The molecule has 0 aliphatic heterocycles. The highest BCUT2D eigenvalue weighted by Crippen LogP contribution is 2.34. The molecule has 0 radical (unpaired) electrons. The number of carbonyl (C=O) groups excluding carboxylic acids is 1. The summed E-state index contributed by atoms with van der Waals surface area (Å²) in [6.07, 6.45) is 3.43. The molecular formula is C20H22N4O3S. The van der Waals surface area contributed by atoms with E-state index in [4.69, 9.17) is 9.47 Å². The van der Waals surface area contributed by atoms with Crippen LogP contribution in [0.15, 0.2) is 42.7 Å². The lowest BCUT2D eigenvalue weighted by Gasteiger charge is -2.23. The molecule has 1 aromatic carbocycles. The molecule has 0 unspecified atom stereocenters. The Morgan fingerprint density at radius 2 is 1.82 bits per heavy atom. The van der Waals surface area contributed by atoms with E-state index in [9.17, 15) is 4.79 Å². The first-order chi connectivity index (χ1) is 13.5. The number of hydrogen-bond acceptors (Lipinski definition) is 7. The Kier molecular flexibility index (Phi) is 6.20. The summed E-state index contributed by atoms with van der Waals surface area (Å²) < 4.78 is 10.8. The van der Waals surface area contributed by atoms with Gasteiger partial charge in [-0.3, -0.25) is 14.7 Å². The summed E-state index contributed by atoms with van der Waals surface area (Å²) in [6.45, 7) is 4.58. The van der Waals surface area contributed by atoms with Gasteiger partial charge in [0.15, 0.2) is 5.01 Å². The SMILES string of the molecule is COc1cccc(OC)c1C(=O)N(CC(C)C)c1nnc(-c2cccnc2)s1. The van der Waals surface area contributed by atoms with Crippen molar-refractivity contribution in [2.24, 2.45) is 5.92 Å². The number of aromatic nitrogens is 3. The molecule has 0 fully saturated rings. The van der Waals surface area contributed by atoms with E-state index in [2.05, 4.69) is 15.2 Å². The molecule has 2 aromatic heterocycles. The molecule has 1 amide bonds. The van der Waals surface area contributed by atoms with Crippen LogP contribution in [-0.4, -0.2) is 41.9 Å². The second-order valence-electron chi connectivity index (χ2n) is 6.48. The minimum Gasteiger partial charge on any atom is -0.496 e. The summed E-state index contributed by atoms with van der Waals surface area (Å²) in [5.41, 5.74) is 1.23. The van der Waals surface area contributed by atoms with E-state index >= 15 is 0 Å². The van der Waals surface area contributed by atoms with E-state index in [0.29, 0.717) is 33.7 Å². The molecular weight excluding hydrogens is 376 g/mol. The van der Waals surface area contributed by atoms with Gasteiger partial charge in [0.1, 0.15) is 17.1 Å². The number of pyridine rings is 1. The molecule has 0 spiro atoms. The molecule has 0 N–H and O–H groups in total. The van der Waals surface area contributed by atoms with Crippen molar-refractivity contribution in [2.75, 3.05) is 25.7 Å². The van der Waals surface area contributed by atoms with E-state index in [0.717, 1.165) is 5.56 Å². The predicted octanol–water partition coefficient (Wildman–Crippen LogP) is 3.92. The smallest absolute Gasteiger partial charge is 0.267 e. The van der Waals surface area contributed by atoms with Crippen LogP contribution >= 0.6 is 11.3 Å². The Labute approximate surface area is 168 Å². The highest BCUT2D eigenvalue weighted by molar-refractivity contribution is 7.18. The van der Waals surface area contributed by atoms with Gasteiger partial charge in [-0.2, -0.15) is 0 Å². The summed E-state index contributed by atoms with van der Waals surface area (Å²) in [4.78, 5) is 19.2. The lowest BCUT2D eigenvalue weighted by molar-refractivity contribution is 0.0977. The fourth-order valence-electron chi connectivity index (χ4n) is 2.74. The lowest BCUT2D eigenvalue weighted by atomic mass is 10.1. The third kappa shape index (κ3) is 4.12. The third-order valence-corrected chi connectivity index (χ3v) is 4.98. The highest BCUT2D eigenvalue weighted by atomic mass is 32.1. The predicted molar refractivity (Wildman–Crippen MR) is 109 cm³/mol. The number of hydrogen-bond donors (Lipinski definition) is 0. The quantitative estimate of drug-likeness (QED) is 0.600. The average Bonchev–Trinajstić information content (AvgIpc) is 3.21. The Morgan fingerprint density at radius 3 is 2.39 bits per heavy atom. The van der Waals surface area contributed by atoms with E-state index in [-0.39, 0.29) is 11.8 Å². The van der Waals surface area contributed by atoms with Gasteiger partial charge < -0.3 is 9.47 Å². The number of methoxy groups -OCH3 is 2. The van der Waals surface area contributed by atoms with Crippen molar-refractivity contribution >= 4 is 22.4 Å². The molecule has 0 bridgehead atoms. The second-order valence-corrected chi connectivity index (χ2v) is 7.43. The zero-order valence-electron chi connectivity index (χ0n) is 16.2. The van der Waals surface area contributed by atoms with E-state index in [1.807, 2.05) is 26.0 Å². The molecule has 0 aliphatic rings. The van der Waals surface area contributed by atoms with Crippen molar-refractivity contribution in [1.82, 2.24) is 15.2 Å². The third-order valence-electron chi connectivity index (χ3n) is 3.99. The highest BCUT2D eigenvalue weighted by Gasteiger charge is 2.28. The minimum atomic E-state index is -0.239. The molecule has 7 nitrogen and oxygen atoms in total. The van der Waals surface area contributed by atoms with E-state index < -0.39 is 0 Å². The first-order valence-corrected chi connectivity index (χ1v) is 9.63. The van der Waals surface area contributed by atoms with Crippen LogP contribution in [0.2, 0.25) is 0 Å². The maximum absolute atomic E-state index is 13.5. The fraction of sp³-hybridized carbons (Fsp3) is 0.300. The van der Waals surface area contributed by atoms with Gasteiger partial charge in [-0.05, 0) is 30.2 Å². The molecule has 28 heavy (non-hydrogen) atoms. The molecule has 0 saturated heterocycles. The van der Waals surface area contributed by atoms with Crippen LogP contribution in [0.25, 0.3) is 10.6 Å². The monoisotopic (exact) mass is 398 g/mol. The maximum Gasteiger partial charge on any atom is 0.267 e. The zero-order chi connectivity index (χ0) is 20.1. The summed E-state index contributed by atoms with van der Waals surface area (Å²) in [5.74, 6) is 0.900. The van der Waals surface area contributed by atoms with Crippen LogP contribution in [0, 0.1) is 5.92 Å². The van der Waals surface area contributed by atoms with Gasteiger partial charge >= 0.3 is 0 Å². The average molecular weight is 398 g/mol. The maximum atomic E-state index is 13.5. The molecule has 3 rings (SSSR count). The van der Waals surface area contributed by atoms with Gasteiger partial charge in [-0.15, -0.1) is 10.2 Å². The van der Waals surface area contributed by atoms with Crippen molar-refractivity contribution in [3.8, 4) is 22.1 Å². The Bertz CT molecular complexity index is 921. The van der Waals surface area contributed by atoms with Crippen molar-refractivity contribution in [3.05, 3.63) is 48.3 Å². The first-order valence-electron chi connectivity index (χ1n) is 8.82. The summed E-state index contributed by atoms with van der Waals surface area (Å²) in [7, 11) is 3.06. The Hall–Kier alpha value is -3.00. The number of rotatable bonds is 7. The molecule has 3 aromatic rings. The zero-order valence-corrected chi connectivity index (χ0v) is 17.1. The molecule has 2 heterocycles. The second kappa shape index (κ2) is 8.79. The standard InChI is InChI=1S/C20H22N4O3S/c1-13(2)12-24(19(25)17-15(26-3)8-5-9-16(17)27-4)20-23-22-18(28-20)14-7-6-10-21-11-14/h5-11,13H,12H2,1-4H3. The molecule has 0 saturated carbocycles. The topological polar surface area (TPSA) is 77.4 Å². The van der Waals surface area contributed by atoms with Crippen molar-refractivity contribution in [1.29, 1.82) is 0 Å². The fourth-order valence-corrected chi connectivity index (χ4v) is 3.58. The lowest BCUT2D eigenvalue weighted by Crippen LogP contribution is -2.34. The van der Waals surface area contributed by atoms with Crippen molar-refractivity contribution < 1.29 is 14.3 Å². The number of amides is 1. The summed E-state index contributed by atoms with van der Waals surface area (Å²) in [5, 5.41) is 9.74. The molecule has 0 aliphatic carbocycles. The first kappa shape index (κ1) is 19.8. The summed E-state index contributed by atoms with van der Waals surface area (Å²) >= 11 is 1.35. The Balaban J connectivity index is 2.02. The van der Waals surface area contributed by atoms with Crippen LogP contribution in [0.5, 0.6) is 11.5 Å². The van der Waals surface area contributed by atoms with Gasteiger partial charge in [-0.1, -0.05) is 31.3 Å². The van der Waals surface area contributed by atoms with Crippen LogP contribution in [0.4, 0.5) is 5.13 Å². The van der Waals surface area contributed by atoms with Gasteiger partial charge in [0, 0.05) is 24.5 Å². The van der Waals surface area contributed by atoms with Crippen LogP contribution in [-0.2, 0) is 0 Å². The van der Waals surface area contributed by atoms with Gasteiger partial charge in [0.05, 0.1) is 14.2 Å². The number of benzene rings is 1. The number of ether oxygens (including phenoxy) is 2. The van der Waals surface area contributed by atoms with Gasteiger partial charge in [0.25, 0.3) is 5.91 Å². The normalized spacial score (nSPS) is 10.8. The van der Waals surface area contributed by atoms with Crippen molar-refractivity contribution in [3.63, 3.8) is 0 Å². The number of carbonyl (C=O) groups is 1. The summed E-state index contributed by atoms with van der Waals surface area (Å²) in [6, 6.07) is 9.02. The van der Waals surface area contributed by atoms with Crippen LogP contribution in [0.1, 0.15) is 24.2 Å². The van der Waals surface area contributed by atoms with E-state index in [1.54, 1.807) is 35.5 Å². The molecule has 8 heteroatoms. The van der Waals surface area contributed by atoms with Crippen LogP contribution in [0.3, 0.4) is 0 Å². The van der Waals surface area contributed by atoms with Crippen LogP contribution < -0.4 is 14.4 Å². The Morgan fingerprint density at radius 1 is 1.11 bits per heavy atom.